The lowest BCUT2D eigenvalue weighted by Gasteiger charge is -2.27. The van der Waals surface area contributed by atoms with Crippen molar-refractivity contribution < 1.29 is 9.15 Å². The van der Waals surface area contributed by atoms with Crippen LogP contribution in [0.1, 0.15) is 31.8 Å². The molecule has 0 fully saturated rings. The third-order valence-electron chi connectivity index (χ3n) is 3.22. The van der Waals surface area contributed by atoms with E-state index in [0.717, 1.165) is 44.2 Å². The van der Waals surface area contributed by atoms with Gasteiger partial charge >= 0.3 is 0 Å². The van der Waals surface area contributed by atoms with Gasteiger partial charge in [-0.3, -0.25) is 4.90 Å². The van der Waals surface area contributed by atoms with E-state index >= 15 is 0 Å². The lowest BCUT2D eigenvalue weighted by atomic mass is 10.2. The second-order valence-electron chi connectivity index (χ2n) is 4.62. The highest BCUT2D eigenvalue weighted by Crippen LogP contribution is 2.13. The van der Waals surface area contributed by atoms with Crippen LogP contribution in [0.3, 0.4) is 0 Å². The summed E-state index contributed by atoms with van der Waals surface area (Å²) in [6.45, 7) is 7.78. The number of hydrogen-bond donors (Lipinski definition) is 1. The highest BCUT2D eigenvalue weighted by atomic mass is 16.5. The number of methoxy groups -OCH3 is 1. The van der Waals surface area contributed by atoms with Crippen molar-refractivity contribution in [3.8, 4) is 0 Å². The highest BCUT2D eigenvalue weighted by Gasteiger charge is 2.14. The predicted octanol–water partition coefficient (Wildman–Crippen LogP) is 2.25. The van der Waals surface area contributed by atoms with Crippen molar-refractivity contribution >= 4 is 0 Å². The van der Waals surface area contributed by atoms with E-state index in [-0.39, 0.29) is 0 Å². The fraction of sp³-hybridized carbons (Fsp3) is 0.714. The number of hydrogen-bond acceptors (Lipinski definition) is 4. The summed E-state index contributed by atoms with van der Waals surface area (Å²) < 4.78 is 11.0. The van der Waals surface area contributed by atoms with Gasteiger partial charge < -0.3 is 14.5 Å². The van der Waals surface area contributed by atoms with Crippen molar-refractivity contribution in [2.24, 2.45) is 0 Å². The molecule has 0 spiro atoms. The fourth-order valence-electron chi connectivity index (χ4n) is 1.90. The van der Waals surface area contributed by atoms with Crippen LogP contribution in [0.15, 0.2) is 16.5 Å². The Bertz CT molecular complexity index is 325. The highest BCUT2D eigenvalue weighted by molar-refractivity contribution is 5.07. The minimum atomic E-state index is 0.540. The van der Waals surface area contributed by atoms with Crippen LogP contribution in [-0.4, -0.2) is 38.3 Å². The molecule has 1 rings (SSSR count). The van der Waals surface area contributed by atoms with Gasteiger partial charge in [0.05, 0.1) is 19.7 Å². The van der Waals surface area contributed by atoms with Crippen molar-refractivity contribution in [2.75, 3.05) is 27.3 Å². The van der Waals surface area contributed by atoms with Crippen LogP contribution in [0.25, 0.3) is 0 Å². The van der Waals surface area contributed by atoms with E-state index in [1.807, 2.05) is 13.1 Å². The van der Waals surface area contributed by atoms with Gasteiger partial charge in [0.2, 0.25) is 0 Å². The van der Waals surface area contributed by atoms with E-state index in [9.17, 15) is 0 Å². The summed E-state index contributed by atoms with van der Waals surface area (Å²) in [7, 11) is 3.67. The number of ether oxygens (including phenoxy) is 1. The maximum atomic E-state index is 5.78. The zero-order valence-electron chi connectivity index (χ0n) is 12.0. The molecule has 0 saturated heterocycles. The topological polar surface area (TPSA) is 37.6 Å². The van der Waals surface area contributed by atoms with Gasteiger partial charge in [0.25, 0.3) is 0 Å². The Labute approximate surface area is 110 Å². The second kappa shape index (κ2) is 8.29. The third kappa shape index (κ3) is 4.80. The maximum Gasteiger partial charge on any atom is 0.118 e. The summed E-state index contributed by atoms with van der Waals surface area (Å²) in [5.41, 5.74) is 0. The molecule has 1 heterocycles. The Kier molecular flexibility index (Phi) is 7.01. The van der Waals surface area contributed by atoms with Crippen molar-refractivity contribution in [3.05, 3.63) is 23.7 Å². The molecule has 1 unspecified atom stereocenters. The van der Waals surface area contributed by atoms with Gasteiger partial charge in [-0.25, -0.2) is 0 Å². The molecule has 0 aliphatic carbocycles. The molecule has 0 amide bonds. The first-order valence-corrected chi connectivity index (χ1v) is 6.66. The number of rotatable bonds is 9. The van der Waals surface area contributed by atoms with E-state index in [2.05, 4.69) is 30.1 Å². The van der Waals surface area contributed by atoms with Crippen LogP contribution < -0.4 is 5.32 Å². The Morgan fingerprint density at radius 1 is 1.39 bits per heavy atom. The zero-order valence-corrected chi connectivity index (χ0v) is 12.0. The summed E-state index contributed by atoms with van der Waals surface area (Å²) in [6, 6.07) is 4.64. The number of nitrogens with one attached hydrogen (secondary N) is 1. The summed E-state index contributed by atoms with van der Waals surface area (Å²) in [6.07, 6.45) is 1.13. The molecule has 0 aromatic carbocycles. The molecule has 4 heteroatoms. The average molecular weight is 254 g/mol. The molecule has 0 radical (unpaired) electrons. The molecule has 18 heavy (non-hydrogen) atoms. The molecule has 0 aliphatic heterocycles. The quantitative estimate of drug-likeness (QED) is 0.733. The van der Waals surface area contributed by atoms with Crippen LogP contribution in [0.4, 0.5) is 0 Å². The summed E-state index contributed by atoms with van der Waals surface area (Å²) >= 11 is 0. The van der Waals surface area contributed by atoms with Crippen LogP contribution in [-0.2, 0) is 17.8 Å². The first-order valence-electron chi connectivity index (χ1n) is 6.66. The molecule has 104 valence electrons. The lowest BCUT2D eigenvalue weighted by Crippen LogP contribution is -2.34. The zero-order chi connectivity index (χ0) is 13.4. The van der Waals surface area contributed by atoms with E-state index < -0.39 is 0 Å². The first kappa shape index (κ1) is 15.2. The number of furan rings is 1. The van der Waals surface area contributed by atoms with E-state index in [0.29, 0.717) is 6.04 Å². The van der Waals surface area contributed by atoms with Gasteiger partial charge in [-0.05, 0) is 32.5 Å². The predicted molar refractivity (Wildman–Crippen MR) is 73.5 cm³/mol. The molecule has 0 saturated carbocycles. The van der Waals surface area contributed by atoms with Crippen molar-refractivity contribution in [1.29, 1.82) is 0 Å². The van der Waals surface area contributed by atoms with Crippen LogP contribution in [0.5, 0.6) is 0 Å². The molecule has 1 N–H and O–H groups in total. The van der Waals surface area contributed by atoms with Crippen LogP contribution in [0.2, 0.25) is 0 Å². The smallest absolute Gasteiger partial charge is 0.118 e. The van der Waals surface area contributed by atoms with Crippen molar-refractivity contribution in [2.45, 2.75) is 39.4 Å². The molecule has 1 aromatic heterocycles. The van der Waals surface area contributed by atoms with Gasteiger partial charge in [-0.15, -0.1) is 0 Å². The van der Waals surface area contributed by atoms with E-state index in [4.69, 9.17) is 9.15 Å². The molecule has 1 aromatic rings. The molecule has 4 nitrogen and oxygen atoms in total. The summed E-state index contributed by atoms with van der Waals surface area (Å²) in [4.78, 5) is 2.39. The second-order valence-corrected chi connectivity index (χ2v) is 4.62. The van der Waals surface area contributed by atoms with Gasteiger partial charge in [0.15, 0.2) is 0 Å². The normalized spacial score (nSPS) is 13.2. The Morgan fingerprint density at radius 2 is 2.11 bits per heavy atom. The lowest BCUT2D eigenvalue weighted by molar-refractivity contribution is 0.112. The molecular weight excluding hydrogens is 228 g/mol. The van der Waals surface area contributed by atoms with Gasteiger partial charge in [0.1, 0.15) is 11.5 Å². The summed E-state index contributed by atoms with van der Waals surface area (Å²) in [5.74, 6) is 2.01. The monoisotopic (exact) mass is 254 g/mol. The van der Waals surface area contributed by atoms with Crippen molar-refractivity contribution in [1.82, 2.24) is 10.2 Å². The van der Waals surface area contributed by atoms with Crippen LogP contribution in [0, 0.1) is 0 Å². The molecular formula is C14H26N2O2. The largest absolute Gasteiger partial charge is 0.463 e. The SMILES string of the molecule is CCC(C)N(CCOC)Cc1ccc(CNC)o1. The van der Waals surface area contributed by atoms with Crippen LogP contribution >= 0.6 is 0 Å². The molecule has 0 aliphatic rings. The minimum absolute atomic E-state index is 0.540. The summed E-state index contributed by atoms with van der Waals surface area (Å²) in [5, 5.41) is 3.09. The molecule has 0 bridgehead atoms. The standard InChI is InChI=1S/C14H26N2O2/c1-5-12(2)16(8-9-17-4)11-14-7-6-13(18-14)10-15-3/h6-7,12,15H,5,8-11H2,1-4H3. The Morgan fingerprint density at radius 3 is 2.72 bits per heavy atom. The van der Waals surface area contributed by atoms with Gasteiger partial charge in [-0.2, -0.15) is 0 Å². The first-order chi connectivity index (χ1) is 8.71. The van der Waals surface area contributed by atoms with E-state index in [1.54, 1.807) is 7.11 Å². The number of nitrogens with zero attached hydrogens (tertiary/aromatic N) is 1. The van der Waals surface area contributed by atoms with E-state index in [1.165, 1.54) is 0 Å². The Balaban J connectivity index is 2.57. The molecule has 1 atom stereocenters. The van der Waals surface area contributed by atoms with Gasteiger partial charge in [0, 0.05) is 19.7 Å². The average Bonchev–Trinajstić information content (AvgIpc) is 2.81. The third-order valence-corrected chi connectivity index (χ3v) is 3.22. The fourth-order valence-corrected chi connectivity index (χ4v) is 1.90. The minimum Gasteiger partial charge on any atom is -0.463 e. The maximum absolute atomic E-state index is 5.78. The van der Waals surface area contributed by atoms with Crippen molar-refractivity contribution in [3.63, 3.8) is 0 Å². The Hall–Kier alpha value is -0.840. The van der Waals surface area contributed by atoms with Gasteiger partial charge in [-0.1, -0.05) is 6.92 Å².